The van der Waals surface area contributed by atoms with Crippen LogP contribution in [0, 0.1) is 0 Å². The van der Waals surface area contributed by atoms with E-state index in [0.717, 1.165) is 10.5 Å². The van der Waals surface area contributed by atoms with Gasteiger partial charge < -0.3 is 19.7 Å². The van der Waals surface area contributed by atoms with E-state index in [-0.39, 0.29) is 18.5 Å². The summed E-state index contributed by atoms with van der Waals surface area (Å²) in [6, 6.07) is 5.38. The Morgan fingerprint density at radius 1 is 1.32 bits per heavy atom. The Kier molecular flexibility index (Phi) is 5.21. The SMILES string of the molecule is COc1ccc(C[NH+](C)CC(=O)N2CCNC2=O)cc1OC. The van der Waals surface area contributed by atoms with Crippen LogP contribution in [0.4, 0.5) is 4.79 Å². The number of rotatable bonds is 6. The number of imide groups is 1. The molecule has 2 N–H and O–H groups in total. The van der Waals surface area contributed by atoms with E-state index in [0.29, 0.717) is 31.1 Å². The molecule has 1 aliphatic heterocycles. The molecule has 1 aromatic carbocycles. The number of nitrogens with one attached hydrogen (secondary N) is 2. The molecule has 0 aromatic heterocycles. The van der Waals surface area contributed by atoms with Gasteiger partial charge in [-0.05, 0) is 18.2 Å². The van der Waals surface area contributed by atoms with Gasteiger partial charge in [-0.2, -0.15) is 0 Å². The quantitative estimate of drug-likeness (QED) is 0.727. The van der Waals surface area contributed by atoms with Crippen molar-refractivity contribution in [3.8, 4) is 11.5 Å². The smallest absolute Gasteiger partial charge is 0.324 e. The maximum Gasteiger partial charge on any atom is 0.324 e. The lowest BCUT2D eigenvalue weighted by Crippen LogP contribution is -3.08. The van der Waals surface area contributed by atoms with Gasteiger partial charge in [0.25, 0.3) is 5.91 Å². The summed E-state index contributed by atoms with van der Waals surface area (Å²) in [6.45, 7) is 1.89. The van der Waals surface area contributed by atoms with Crippen molar-refractivity contribution < 1.29 is 24.0 Å². The lowest BCUT2D eigenvalue weighted by Gasteiger charge is -2.18. The van der Waals surface area contributed by atoms with E-state index >= 15 is 0 Å². The number of carbonyl (C=O) groups excluding carboxylic acids is 2. The lowest BCUT2D eigenvalue weighted by atomic mass is 10.2. The minimum Gasteiger partial charge on any atom is -0.493 e. The third kappa shape index (κ3) is 3.67. The van der Waals surface area contributed by atoms with Crippen molar-refractivity contribution in [3.63, 3.8) is 0 Å². The molecule has 0 aliphatic carbocycles. The molecule has 1 aromatic rings. The first-order valence-electron chi connectivity index (χ1n) is 7.15. The first-order chi connectivity index (χ1) is 10.5. The van der Waals surface area contributed by atoms with Gasteiger partial charge in [-0.15, -0.1) is 0 Å². The molecule has 0 spiro atoms. The van der Waals surface area contributed by atoms with Crippen LogP contribution in [0.25, 0.3) is 0 Å². The highest BCUT2D eigenvalue weighted by atomic mass is 16.5. The normalized spacial score (nSPS) is 15.4. The molecule has 2 rings (SSSR count). The van der Waals surface area contributed by atoms with Gasteiger partial charge in [-0.1, -0.05) is 0 Å². The molecule has 7 heteroatoms. The van der Waals surface area contributed by atoms with Gasteiger partial charge in [0, 0.05) is 18.7 Å². The molecule has 1 saturated heterocycles. The minimum atomic E-state index is -0.302. The van der Waals surface area contributed by atoms with Crippen molar-refractivity contribution in [2.24, 2.45) is 0 Å². The Morgan fingerprint density at radius 2 is 2.05 bits per heavy atom. The van der Waals surface area contributed by atoms with E-state index in [1.165, 1.54) is 4.90 Å². The van der Waals surface area contributed by atoms with Crippen molar-refractivity contribution >= 4 is 11.9 Å². The number of methoxy groups -OCH3 is 2. The standard InChI is InChI=1S/C15H21N3O4/c1-17(10-14(19)18-7-6-16-15(18)20)9-11-4-5-12(21-2)13(8-11)22-3/h4-5,8H,6-7,9-10H2,1-3H3,(H,16,20)/p+1. The van der Waals surface area contributed by atoms with E-state index in [9.17, 15) is 9.59 Å². The lowest BCUT2D eigenvalue weighted by molar-refractivity contribution is -0.885. The van der Waals surface area contributed by atoms with Gasteiger partial charge in [0.05, 0.1) is 21.3 Å². The van der Waals surface area contributed by atoms with Gasteiger partial charge in [-0.3, -0.25) is 9.69 Å². The van der Waals surface area contributed by atoms with Crippen LogP contribution in [0.1, 0.15) is 5.56 Å². The van der Waals surface area contributed by atoms with Gasteiger partial charge in [0.15, 0.2) is 18.0 Å². The fourth-order valence-corrected chi connectivity index (χ4v) is 2.46. The largest absolute Gasteiger partial charge is 0.493 e. The van der Waals surface area contributed by atoms with Crippen LogP contribution in [0.15, 0.2) is 18.2 Å². The Morgan fingerprint density at radius 3 is 2.64 bits per heavy atom. The fraction of sp³-hybridized carbons (Fsp3) is 0.467. The van der Waals surface area contributed by atoms with Crippen molar-refractivity contribution in [3.05, 3.63) is 23.8 Å². The monoisotopic (exact) mass is 308 g/mol. The molecule has 1 heterocycles. The third-order valence-corrected chi connectivity index (χ3v) is 3.56. The molecular formula is C15H22N3O4+. The second kappa shape index (κ2) is 7.13. The number of ether oxygens (including phenoxy) is 2. The summed E-state index contributed by atoms with van der Waals surface area (Å²) in [5.41, 5.74) is 1.04. The first-order valence-corrected chi connectivity index (χ1v) is 7.15. The zero-order valence-corrected chi connectivity index (χ0v) is 13.1. The Balaban J connectivity index is 1.95. The molecule has 1 fully saturated rings. The Hall–Kier alpha value is -2.28. The molecule has 0 saturated carbocycles. The van der Waals surface area contributed by atoms with Gasteiger partial charge >= 0.3 is 6.03 Å². The molecule has 22 heavy (non-hydrogen) atoms. The van der Waals surface area contributed by atoms with Crippen molar-refractivity contribution in [2.45, 2.75) is 6.54 Å². The van der Waals surface area contributed by atoms with E-state index in [1.54, 1.807) is 14.2 Å². The number of amides is 3. The van der Waals surface area contributed by atoms with Gasteiger partial charge in [0.2, 0.25) is 0 Å². The average molecular weight is 308 g/mol. The minimum absolute atomic E-state index is 0.159. The topological polar surface area (TPSA) is 72.3 Å². The number of hydrogen-bond acceptors (Lipinski definition) is 4. The summed E-state index contributed by atoms with van der Waals surface area (Å²) in [5.74, 6) is 1.18. The maximum absolute atomic E-state index is 12.1. The molecule has 1 atom stereocenters. The van der Waals surface area contributed by atoms with E-state index in [1.807, 2.05) is 25.2 Å². The highest BCUT2D eigenvalue weighted by Gasteiger charge is 2.28. The average Bonchev–Trinajstić information content (AvgIpc) is 2.93. The summed E-state index contributed by atoms with van der Waals surface area (Å²) in [4.78, 5) is 25.8. The molecule has 1 aliphatic rings. The van der Waals surface area contributed by atoms with Crippen LogP contribution in [0.5, 0.6) is 11.5 Å². The van der Waals surface area contributed by atoms with Crippen molar-refractivity contribution in [1.82, 2.24) is 10.2 Å². The molecular weight excluding hydrogens is 286 g/mol. The van der Waals surface area contributed by atoms with Crippen LogP contribution < -0.4 is 19.7 Å². The molecule has 1 unspecified atom stereocenters. The summed E-state index contributed by atoms with van der Waals surface area (Å²) in [5, 5.41) is 2.63. The predicted octanol–water partition coefficient (Wildman–Crippen LogP) is -0.730. The van der Waals surface area contributed by atoms with E-state index < -0.39 is 0 Å². The maximum atomic E-state index is 12.1. The van der Waals surface area contributed by atoms with Gasteiger partial charge in [0.1, 0.15) is 6.54 Å². The van der Waals surface area contributed by atoms with Gasteiger partial charge in [-0.25, -0.2) is 4.79 Å². The number of benzene rings is 1. The highest BCUT2D eigenvalue weighted by molar-refractivity contribution is 5.96. The van der Waals surface area contributed by atoms with E-state index in [2.05, 4.69) is 5.32 Å². The summed E-state index contributed by atoms with van der Waals surface area (Å²) >= 11 is 0. The third-order valence-electron chi connectivity index (χ3n) is 3.56. The fourth-order valence-electron chi connectivity index (χ4n) is 2.46. The molecule has 7 nitrogen and oxygen atoms in total. The summed E-state index contributed by atoms with van der Waals surface area (Å²) in [6.07, 6.45) is 0. The summed E-state index contributed by atoms with van der Waals surface area (Å²) < 4.78 is 10.5. The van der Waals surface area contributed by atoms with Crippen LogP contribution in [-0.2, 0) is 11.3 Å². The van der Waals surface area contributed by atoms with Crippen LogP contribution in [0.2, 0.25) is 0 Å². The molecule has 0 radical (unpaired) electrons. The number of quaternary nitrogens is 1. The second-order valence-electron chi connectivity index (χ2n) is 5.28. The number of carbonyl (C=O) groups is 2. The van der Waals surface area contributed by atoms with Crippen LogP contribution >= 0.6 is 0 Å². The van der Waals surface area contributed by atoms with Crippen molar-refractivity contribution in [1.29, 1.82) is 0 Å². The molecule has 3 amide bonds. The molecule has 120 valence electrons. The second-order valence-corrected chi connectivity index (χ2v) is 5.28. The van der Waals surface area contributed by atoms with Crippen molar-refractivity contribution in [2.75, 3.05) is 40.9 Å². The Labute approximate surface area is 129 Å². The highest BCUT2D eigenvalue weighted by Crippen LogP contribution is 2.27. The zero-order valence-electron chi connectivity index (χ0n) is 13.1. The number of urea groups is 1. The molecule has 0 bridgehead atoms. The predicted molar refractivity (Wildman–Crippen MR) is 80.1 cm³/mol. The van der Waals surface area contributed by atoms with E-state index in [4.69, 9.17) is 9.47 Å². The van der Waals surface area contributed by atoms with Crippen LogP contribution in [0.3, 0.4) is 0 Å². The Bertz CT molecular complexity index is 562. The number of hydrogen-bond donors (Lipinski definition) is 2. The zero-order chi connectivity index (χ0) is 16.1. The summed E-state index contributed by atoms with van der Waals surface area (Å²) in [7, 11) is 5.10. The first kappa shape index (κ1) is 16.1. The van der Waals surface area contributed by atoms with Crippen LogP contribution in [-0.4, -0.2) is 57.7 Å². The number of nitrogens with zero attached hydrogens (tertiary/aromatic N) is 1. The number of likely N-dealkylation sites (N-methyl/N-ethyl adjacent to an activating group) is 1.